The number of nitrogens with zero attached hydrogens (tertiary/aromatic N) is 2. The molecule has 0 bridgehead atoms. The van der Waals surface area contributed by atoms with Gasteiger partial charge < -0.3 is 4.74 Å². The molecule has 0 N–H and O–H groups in total. The largest absolute Gasteiger partial charge is 0.462 e. The first-order chi connectivity index (χ1) is 13.0. The van der Waals surface area contributed by atoms with Crippen molar-refractivity contribution in [2.75, 3.05) is 11.5 Å². The van der Waals surface area contributed by atoms with Crippen LogP contribution in [0.1, 0.15) is 38.2 Å². The lowest BCUT2D eigenvalue weighted by atomic mass is 10.2. The first-order valence-corrected chi connectivity index (χ1v) is 9.98. The maximum Gasteiger partial charge on any atom is 0.350 e. The van der Waals surface area contributed by atoms with Crippen molar-refractivity contribution in [3.63, 3.8) is 0 Å². The quantitative estimate of drug-likeness (QED) is 0.560. The van der Waals surface area contributed by atoms with Crippen molar-refractivity contribution in [2.24, 2.45) is 0 Å². The van der Waals surface area contributed by atoms with Crippen LogP contribution in [0.2, 0.25) is 0 Å². The number of thiophene rings is 1. The summed E-state index contributed by atoms with van der Waals surface area (Å²) in [5.41, 5.74) is 1.80. The van der Waals surface area contributed by atoms with E-state index in [1.807, 2.05) is 5.38 Å². The summed E-state index contributed by atoms with van der Waals surface area (Å²) in [4.78, 5) is 31.4. The molecule has 140 valence electrons. The second kappa shape index (κ2) is 8.41. The zero-order chi connectivity index (χ0) is 19.4. The smallest absolute Gasteiger partial charge is 0.350 e. The summed E-state index contributed by atoms with van der Waals surface area (Å²) in [7, 11) is 0. The number of halogens is 1. The van der Waals surface area contributed by atoms with Crippen molar-refractivity contribution in [1.29, 1.82) is 0 Å². The van der Waals surface area contributed by atoms with Crippen LogP contribution in [0.25, 0.3) is 0 Å². The summed E-state index contributed by atoms with van der Waals surface area (Å²) in [6.07, 6.45) is 0. The van der Waals surface area contributed by atoms with E-state index >= 15 is 0 Å². The molecular formula is C19H17FN2O3S2. The van der Waals surface area contributed by atoms with Gasteiger partial charge in [-0.05, 0) is 43.0 Å². The average Bonchev–Trinajstić information content (AvgIpc) is 3.31. The summed E-state index contributed by atoms with van der Waals surface area (Å²) in [5.74, 6) is -1.03. The number of carbonyl (C=O) groups is 2. The van der Waals surface area contributed by atoms with Crippen molar-refractivity contribution < 1.29 is 18.7 Å². The Morgan fingerprint density at radius 3 is 2.59 bits per heavy atom. The van der Waals surface area contributed by atoms with Gasteiger partial charge in [-0.3, -0.25) is 9.69 Å². The highest BCUT2D eigenvalue weighted by Crippen LogP contribution is 2.29. The molecule has 27 heavy (non-hydrogen) atoms. The number of esters is 1. The second-order valence-electron chi connectivity index (χ2n) is 5.66. The van der Waals surface area contributed by atoms with E-state index < -0.39 is 5.97 Å². The minimum Gasteiger partial charge on any atom is -0.462 e. The number of aryl methyl sites for hydroxylation is 1. The topological polar surface area (TPSA) is 59.5 Å². The van der Waals surface area contributed by atoms with E-state index in [-0.39, 0.29) is 24.9 Å². The Kier molecular flexibility index (Phi) is 5.98. The molecule has 0 aliphatic heterocycles. The van der Waals surface area contributed by atoms with Gasteiger partial charge in [0.25, 0.3) is 5.91 Å². The van der Waals surface area contributed by atoms with Crippen LogP contribution >= 0.6 is 22.7 Å². The van der Waals surface area contributed by atoms with Crippen LogP contribution in [0.3, 0.4) is 0 Å². The van der Waals surface area contributed by atoms with E-state index in [2.05, 4.69) is 4.98 Å². The van der Waals surface area contributed by atoms with E-state index in [9.17, 15) is 14.0 Å². The van der Waals surface area contributed by atoms with Crippen molar-refractivity contribution in [2.45, 2.75) is 20.4 Å². The van der Waals surface area contributed by atoms with Gasteiger partial charge in [-0.1, -0.05) is 23.5 Å². The highest BCUT2D eigenvalue weighted by atomic mass is 32.1. The standard InChI is InChI=1S/C19H17FN2O3S2/c1-3-25-18(24)16-12(2)21-19(27-16)22(17(23)14-8-9-26-11-14)10-13-4-6-15(20)7-5-13/h4-9,11H,3,10H2,1-2H3. The molecule has 1 amide bonds. The Bertz CT molecular complexity index is 937. The lowest BCUT2D eigenvalue weighted by Gasteiger charge is -2.19. The molecule has 3 aromatic rings. The number of aromatic nitrogens is 1. The molecule has 0 aliphatic carbocycles. The first-order valence-electron chi connectivity index (χ1n) is 8.22. The fourth-order valence-electron chi connectivity index (χ4n) is 2.42. The van der Waals surface area contributed by atoms with Gasteiger partial charge in [-0.2, -0.15) is 11.3 Å². The summed E-state index contributed by atoms with van der Waals surface area (Å²) in [5, 5.41) is 3.98. The van der Waals surface area contributed by atoms with Gasteiger partial charge in [0, 0.05) is 5.38 Å². The number of hydrogen-bond acceptors (Lipinski definition) is 6. The number of thiazole rings is 1. The molecule has 0 saturated carbocycles. The van der Waals surface area contributed by atoms with Crippen LogP contribution < -0.4 is 4.90 Å². The van der Waals surface area contributed by atoms with Gasteiger partial charge in [0.1, 0.15) is 10.7 Å². The Morgan fingerprint density at radius 1 is 1.22 bits per heavy atom. The van der Waals surface area contributed by atoms with Crippen molar-refractivity contribution in [3.05, 3.63) is 68.6 Å². The van der Waals surface area contributed by atoms with Gasteiger partial charge in [-0.25, -0.2) is 14.2 Å². The highest BCUT2D eigenvalue weighted by Gasteiger charge is 2.25. The van der Waals surface area contributed by atoms with E-state index in [4.69, 9.17) is 4.74 Å². The van der Waals surface area contributed by atoms with Crippen LogP contribution in [-0.2, 0) is 11.3 Å². The van der Waals surface area contributed by atoms with Crippen molar-refractivity contribution in [1.82, 2.24) is 4.98 Å². The van der Waals surface area contributed by atoms with E-state index in [1.54, 1.807) is 37.4 Å². The molecule has 0 unspecified atom stereocenters. The molecule has 0 aliphatic rings. The van der Waals surface area contributed by atoms with E-state index in [0.717, 1.165) is 16.9 Å². The number of benzene rings is 1. The minimum absolute atomic E-state index is 0.212. The number of hydrogen-bond donors (Lipinski definition) is 0. The lowest BCUT2D eigenvalue weighted by Crippen LogP contribution is -2.30. The van der Waals surface area contributed by atoms with Gasteiger partial charge in [-0.15, -0.1) is 0 Å². The molecule has 0 spiro atoms. The van der Waals surface area contributed by atoms with Crippen molar-refractivity contribution >= 4 is 39.7 Å². The Balaban J connectivity index is 1.96. The van der Waals surface area contributed by atoms with E-state index in [1.165, 1.54) is 28.4 Å². The molecular weight excluding hydrogens is 387 g/mol. The lowest BCUT2D eigenvalue weighted by molar-refractivity contribution is 0.0531. The SMILES string of the molecule is CCOC(=O)c1sc(N(Cc2ccc(F)cc2)C(=O)c2ccsc2)nc1C. The Hall–Kier alpha value is -2.58. The maximum atomic E-state index is 13.2. The monoisotopic (exact) mass is 404 g/mol. The van der Waals surface area contributed by atoms with Gasteiger partial charge in [0.15, 0.2) is 5.13 Å². The third kappa shape index (κ3) is 4.40. The third-order valence-electron chi connectivity index (χ3n) is 3.74. The third-order valence-corrected chi connectivity index (χ3v) is 5.59. The molecule has 0 saturated heterocycles. The average molecular weight is 404 g/mol. The zero-order valence-electron chi connectivity index (χ0n) is 14.8. The van der Waals surface area contributed by atoms with Gasteiger partial charge >= 0.3 is 5.97 Å². The van der Waals surface area contributed by atoms with Crippen LogP contribution in [0.15, 0.2) is 41.1 Å². The normalized spacial score (nSPS) is 10.6. The summed E-state index contributed by atoms with van der Waals surface area (Å²) >= 11 is 2.53. The van der Waals surface area contributed by atoms with Crippen LogP contribution in [0, 0.1) is 12.7 Å². The molecule has 5 nitrogen and oxygen atoms in total. The molecule has 1 aromatic carbocycles. The number of rotatable bonds is 6. The van der Waals surface area contributed by atoms with Crippen molar-refractivity contribution in [3.8, 4) is 0 Å². The number of amides is 1. The predicted molar refractivity (Wildman–Crippen MR) is 104 cm³/mol. The molecule has 8 heteroatoms. The second-order valence-corrected chi connectivity index (χ2v) is 7.42. The summed E-state index contributed by atoms with van der Waals surface area (Å²) in [6, 6.07) is 7.67. The molecule has 0 radical (unpaired) electrons. The minimum atomic E-state index is -0.455. The Labute approximate surface area is 164 Å². The summed E-state index contributed by atoms with van der Waals surface area (Å²) in [6.45, 7) is 3.91. The first kappa shape index (κ1) is 19.2. The van der Waals surface area contributed by atoms with Crippen LogP contribution in [-0.4, -0.2) is 23.5 Å². The summed E-state index contributed by atoms with van der Waals surface area (Å²) < 4.78 is 18.3. The van der Waals surface area contributed by atoms with Crippen LogP contribution in [0.5, 0.6) is 0 Å². The van der Waals surface area contributed by atoms with E-state index in [0.29, 0.717) is 21.3 Å². The molecule has 3 rings (SSSR count). The van der Waals surface area contributed by atoms with Gasteiger partial charge in [0.2, 0.25) is 0 Å². The highest BCUT2D eigenvalue weighted by molar-refractivity contribution is 7.17. The molecule has 0 atom stereocenters. The Morgan fingerprint density at radius 2 is 1.96 bits per heavy atom. The predicted octanol–water partition coefficient (Wildman–Crippen LogP) is 4.68. The fraction of sp³-hybridized carbons (Fsp3) is 0.211. The number of anilines is 1. The van der Waals surface area contributed by atoms with Gasteiger partial charge in [0.05, 0.1) is 24.4 Å². The zero-order valence-corrected chi connectivity index (χ0v) is 16.4. The maximum absolute atomic E-state index is 13.2. The molecule has 2 aromatic heterocycles. The molecule has 2 heterocycles. The number of carbonyl (C=O) groups excluding carboxylic acids is 2. The number of ether oxygens (including phenoxy) is 1. The van der Waals surface area contributed by atoms with Crippen LogP contribution in [0.4, 0.5) is 9.52 Å². The molecule has 0 fully saturated rings. The fourth-order valence-corrected chi connectivity index (χ4v) is 4.01.